The molecule has 0 saturated heterocycles. The summed E-state index contributed by atoms with van der Waals surface area (Å²) in [7, 11) is -3.36. The lowest BCUT2D eigenvalue weighted by atomic mass is 10.2. The molecule has 1 amide bonds. The fourth-order valence-corrected chi connectivity index (χ4v) is 2.15. The van der Waals surface area contributed by atoms with Gasteiger partial charge in [0.1, 0.15) is 0 Å². The van der Waals surface area contributed by atoms with Crippen molar-refractivity contribution in [3.8, 4) is 0 Å². The minimum absolute atomic E-state index is 0.171. The van der Waals surface area contributed by atoms with Gasteiger partial charge in [-0.2, -0.15) is 4.39 Å². The molecular formula is C13H12FN3O3S. The Morgan fingerprint density at radius 2 is 1.76 bits per heavy atom. The number of hydrogen-bond donors (Lipinski definition) is 2. The van der Waals surface area contributed by atoms with Gasteiger partial charge >= 0.3 is 0 Å². The normalized spacial score (nSPS) is 11.0. The van der Waals surface area contributed by atoms with Crippen LogP contribution in [0.3, 0.4) is 0 Å². The molecule has 0 aliphatic carbocycles. The Labute approximate surface area is 121 Å². The number of amides is 1. The third-order valence-corrected chi connectivity index (χ3v) is 3.06. The molecule has 21 heavy (non-hydrogen) atoms. The van der Waals surface area contributed by atoms with E-state index in [2.05, 4.69) is 15.0 Å². The van der Waals surface area contributed by atoms with Crippen LogP contribution in [0.15, 0.2) is 42.6 Å². The van der Waals surface area contributed by atoms with E-state index in [9.17, 15) is 17.6 Å². The van der Waals surface area contributed by atoms with Gasteiger partial charge < -0.3 is 5.32 Å². The smallest absolute Gasteiger partial charge is 0.260 e. The Hall–Kier alpha value is -2.48. The van der Waals surface area contributed by atoms with Gasteiger partial charge in [0.2, 0.25) is 16.0 Å². The topological polar surface area (TPSA) is 88.2 Å². The molecule has 8 heteroatoms. The summed E-state index contributed by atoms with van der Waals surface area (Å²) in [5.74, 6) is -1.49. The lowest BCUT2D eigenvalue weighted by molar-refractivity contribution is 0.102. The van der Waals surface area contributed by atoms with Gasteiger partial charge in [-0.3, -0.25) is 9.52 Å². The van der Waals surface area contributed by atoms with Crippen molar-refractivity contribution in [1.29, 1.82) is 0 Å². The molecule has 0 atom stereocenters. The predicted molar refractivity (Wildman–Crippen MR) is 77.1 cm³/mol. The summed E-state index contributed by atoms with van der Waals surface area (Å²) in [5.41, 5.74) is 0.598. The fraction of sp³-hybridized carbons (Fsp3) is 0.0769. The molecule has 0 spiro atoms. The van der Waals surface area contributed by atoms with Gasteiger partial charge in [-0.15, -0.1) is 0 Å². The van der Waals surface area contributed by atoms with E-state index in [4.69, 9.17) is 0 Å². The number of anilines is 2. The summed E-state index contributed by atoms with van der Waals surface area (Å²) in [4.78, 5) is 15.2. The van der Waals surface area contributed by atoms with Gasteiger partial charge in [-0.25, -0.2) is 13.4 Å². The molecule has 0 saturated carbocycles. The number of nitrogens with zero attached hydrogens (tertiary/aromatic N) is 1. The number of halogens is 1. The minimum atomic E-state index is -3.36. The highest BCUT2D eigenvalue weighted by Crippen LogP contribution is 2.15. The Balaban J connectivity index is 2.10. The van der Waals surface area contributed by atoms with Crippen LogP contribution in [0.2, 0.25) is 0 Å². The Morgan fingerprint density at radius 1 is 1.14 bits per heavy atom. The van der Waals surface area contributed by atoms with E-state index in [0.717, 1.165) is 6.26 Å². The Bertz CT molecular complexity index is 760. The molecule has 0 aliphatic rings. The summed E-state index contributed by atoms with van der Waals surface area (Å²) < 4.78 is 37.7. The van der Waals surface area contributed by atoms with E-state index in [1.165, 1.54) is 42.6 Å². The summed E-state index contributed by atoms with van der Waals surface area (Å²) in [6.45, 7) is 0. The third-order valence-electron chi connectivity index (χ3n) is 2.45. The number of hydrogen-bond acceptors (Lipinski definition) is 4. The van der Waals surface area contributed by atoms with Crippen LogP contribution in [-0.2, 0) is 10.0 Å². The first kappa shape index (κ1) is 14.9. The van der Waals surface area contributed by atoms with Crippen LogP contribution in [0.25, 0.3) is 0 Å². The molecule has 1 heterocycles. The van der Waals surface area contributed by atoms with E-state index >= 15 is 0 Å². The first-order valence-corrected chi connectivity index (χ1v) is 7.74. The molecule has 0 radical (unpaired) electrons. The zero-order chi connectivity index (χ0) is 15.5. The number of carbonyl (C=O) groups excluding carboxylic acids is 1. The molecule has 1 aromatic heterocycles. The third kappa shape index (κ3) is 4.25. The van der Waals surface area contributed by atoms with Crippen molar-refractivity contribution < 1.29 is 17.6 Å². The standard InChI is InChI=1S/C13H12FN3O3S/c1-21(19,20)17-10-6-4-9(5-7-10)16-13(18)11-3-2-8-15-12(11)14/h2-8,17H,1H3,(H,16,18). The molecule has 1 aromatic carbocycles. The summed E-state index contributed by atoms with van der Waals surface area (Å²) in [5, 5.41) is 2.49. The van der Waals surface area contributed by atoms with Crippen LogP contribution in [0.1, 0.15) is 10.4 Å². The number of rotatable bonds is 4. The second kappa shape index (κ2) is 5.88. The lowest BCUT2D eigenvalue weighted by Crippen LogP contribution is -2.14. The predicted octanol–water partition coefficient (Wildman–Crippen LogP) is 1.84. The summed E-state index contributed by atoms with van der Waals surface area (Å²) >= 11 is 0. The second-order valence-corrected chi connectivity index (χ2v) is 6.00. The quantitative estimate of drug-likeness (QED) is 0.844. The zero-order valence-electron chi connectivity index (χ0n) is 11.0. The average molecular weight is 309 g/mol. The van der Waals surface area contributed by atoms with E-state index in [1.54, 1.807) is 0 Å². The van der Waals surface area contributed by atoms with Crippen LogP contribution < -0.4 is 10.0 Å². The molecule has 110 valence electrons. The molecule has 0 fully saturated rings. The number of aromatic nitrogens is 1. The van der Waals surface area contributed by atoms with Crippen molar-refractivity contribution in [2.75, 3.05) is 16.3 Å². The van der Waals surface area contributed by atoms with Gasteiger partial charge in [-0.1, -0.05) is 0 Å². The van der Waals surface area contributed by atoms with Gasteiger partial charge in [0.05, 0.1) is 11.8 Å². The highest BCUT2D eigenvalue weighted by molar-refractivity contribution is 7.92. The Morgan fingerprint density at radius 3 is 2.33 bits per heavy atom. The van der Waals surface area contributed by atoms with Gasteiger partial charge in [-0.05, 0) is 36.4 Å². The van der Waals surface area contributed by atoms with Crippen molar-refractivity contribution in [2.45, 2.75) is 0 Å². The SMILES string of the molecule is CS(=O)(=O)Nc1ccc(NC(=O)c2cccnc2F)cc1. The number of pyridine rings is 1. The highest BCUT2D eigenvalue weighted by atomic mass is 32.2. The first-order chi connectivity index (χ1) is 9.85. The fourth-order valence-electron chi connectivity index (χ4n) is 1.59. The van der Waals surface area contributed by atoms with Crippen molar-refractivity contribution in [1.82, 2.24) is 4.98 Å². The van der Waals surface area contributed by atoms with Crippen LogP contribution in [0.5, 0.6) is 0 Å². The molecule has 0 unspecified atom stereocenters. The average Bonchev–Trinajstić information content (AvgIpc) is 2.40. The molecule has 0 aliphatic heterocycles. The molecular weight excluding hydrogens is 297 g/mol. The van der Waals surface area contributed by atoms with Crippen LogP contribution in [0, 0.1) is 5.95 Å². The van der Waals surface area contributed by atoms with E-state index < -0.39 is 21.9 Å². The highest BCUT2D eigenvalue weighted by Gasteiger charge is 2.12. The minimum Gasteiger partial charge on any atom is -0.322 e. The number of benzene rings is 1. The lowest BCUT2D eigenvalue weighted by Gasteiger charge is -2.07. The van der Waals surface area contributed by atoms with Crippen LogP contribution >= 0.6 is 0 Å². The van der Waals surface area contributed by atoms with Crippen molar-refractivity contribution in [3.63, 3.8) is 0 Å². The van der Waals surface area contributed by atoms with Gasteiger partial charge in [0.25, 0.3) is 5.91 Å². The maximum atomic E-state index is 13.3. The van der Waals surface area contributed by atoms with Gasteiger partial charge in [0, 0.05) is 17.6 Å². The van der Waals surface area contributed by atoms with Crippen molar-refractivity contribution >= 4 is 27.3 Å². The monoisotopic (exact) mass is 309 g/mol. The van der Waals surface area contributed by atoms with Crippen LogP contribution in [-0.4, -0.2) is 25.6 Å². The largest absolute Gasteiger partial charge is 0.322 e. The molecule has 2 aromatic rings. The summed E-state index contributed by atoms with van der Waals surface area (Å²) in [6.07, 6.45) is 2.28. The zero-order valence-corrected chi connectivity index (χ0v) is 11.8. The Kier molecular flexibility index (Phi) is 4.18. The van der Waals surface area contributed by atoms with Gasteiger partial charge in [0.15, 0.2) is 0 Å². The first-order valence-electron chi connectivity index (χ1n) is 5.85. The van der Waals surface area contributed by atoms with Crippen molar-refractivity contribution in [2.24, 2.45) is 0 Å². The second-order valence-electron chi connectivity index (χ2n) is 4.25. The van der Waals surface area contributed by atoms with E-state index in [1.807, 2.05) is 0 Å². The maximum Gasteiger partial charge on any atom is 0.260 e. The van der Waals surface area contributed by atoms with Crippen LogP contribution in [0.4, 0.5) is 15.8 Å². The van der Waals surface area contributed by atoms with E-state index in [0.29, 0.717) is 11.4 Å². The van der Waals surface area contributed by atoms with E-state index in [-0.39, 0.29) is 5.56 Å². The molecule has 6 nitrogen and oxygen atoms in total. The molecule has 2 N–H and O–H groups in total. The molecule has 0 bridgehead atoms. The number of sulfonamides is 1. The summed E-state index contributed by atoms with van der Waals surface area (Å²) in [6, 6.07) is 8.74. The molecule has 2 rings (SSSR count). The maximum absolute atomic E-state index is 13.3. The number of nitrogens with one attached hydrogen (secondary N) is 2. The number of carbonyl (C=O) groups is 1. The van der Waals surface area contributed by atoms with Crippen molar-refractivity contribution in [3.05, 3.63) is 54.1 Å².